The number of hydrogen-bond donors (Lipinski definition) is 3. The van der Waals surface area contributed by atoms with Crippen molar-refractivity contribution in [2.75, 3.05) is 6.54 Å². The average molecular weight is 193 g/mol. The Balaban J connectivity index is 4.51. The fourth-order valence-corrected chi connectivity index (χ4v) is 0.646. The van der Waals surface area contributed by atoms with Crippen LogP contribution in [0.3, 0.4) is 0 Å². The van der Waals surface area contributed by atoms with E-state index in [-0.39, 0.29) is 0 Å². The number of carboxylic acids is 2. The summed E-state index contributed by atoms with van der Waals surface area (Å²) in [5.41, 5.74) is 0. The lowest BCUT2D eigenvalue weighted by Crippen LogP contribution is -2.39. The van der Waals surface area contributed by atoms with Gasteiger partial charge in [-0.25, -0.2) is 4.79 Å². The van der Waals surface area contributed by atoms with E-state index >= 15 is 0 Å². The first-order valence-corrected chi connectivity index (χ1v) is 3.11. The van der Waals surface area contributed by atoms with Gasteiger partial charge in [0.25, 0.3) is 0 Å². The Kier molecular flexibility index (Phi) is 3.79. The summed E-state index contributed by atoms with van der Waals surface area (Å²) >= 11 is 0. The third-order valence-electron chi connectivity index (χ3n) is 1.30. The van der Waals surface area contributed by atoms with Crippen LogP contribution in [0.2, 0.25) is 0 Å². The molecule has 13 heavy (non-hydrogen) atoms. The molecule has 0 saturated heterocycles. The number of aliphatic hydroxyl groups is 1. The molecule has 0 saturated carbocycles. The molecule has 0 spiro atoms. The quantitative estimate of drug-likeness (QED) is 0.353. The van der Waals surface area contributed by atoms with Gasteiger partial charge < -0.3 is 15.3 Å². The van der Waals surface area contributed by atoms with Crippen LogP contribution in [-0.2, 0) is 9.59 Å². The van der Waals surface area contributed by atoms with E-state index in [4.69, 9.17) is 15.3 Å². The summed E-state index contributed by atoms with van der Waals surface area (Å²) < 4.78 is 0. The average Bonchev–Trinajstić information content (AvgIpc) is 1.97. The van der Waals surface area contributed by atoms with Crippen molar-refractivity contribution in [2.24, 2.45) is 5.92 Å². The minimum absolute atomic E-state index is 0.995. The Morgan fingerprint density at radius 1 is 1.31 bits per heavy atom. The first-order chi connectivity index (χ1) is 5.86. The van der Waals surface area contributed by atoms with E-state index < -0.39 is 35.4 Å². The van der Waals surface area contributed by atoms with Crippen molar-refractivity contribution < 1.29 is 29.8 Å². The second kappa shape index (κ2) is 4.36. The number of aliphatic hydroxyl groups excluding tert-OH is 1. The topological polar surface area (TPSA) is 138 Å². The van der Waals surface area contributed by atoms with E-state index in [0.717, 1.165) is 0 Å². The van der Waals surface area contributed by atoms with Crippen LogP contribution in [0.1, 0.15) is 0 Å². The van der Waals surface area contributed by atoms with Gasteiger partial charge in [-0.15, -0.1) is 0 Å². The second-order valence-corrected chi connectivity index (χ2v) is 2.24. The van der Waals surface area contributed by atoms with Gasteiger partial charge in [-0.1, -0.05) is 0 Å². The van der Waals surface area contributed by atoms with Crippen molar-refractivity contribution in [3.8, 4) is 0 Å². The molecule has 0 bridgehead atoms. The van der Waals surface area contributed by atoms with Crippen LogP contribution in [0.25, 0.3) is 0 Å². The van der Waals surface area contributed by atoms with Crippen LogP contribution < -0.4 is 0 Å². The van der Waals surface area contributed by atoms with Gasteiger partial charge in [0.1, 0.15) is 0 Å². The smallest absolute Gasteiger partial charge is 0.333 e. The van der Waals surface area contributed by atoms with E-state index in [0.29, 0.717) is 0 Å². The predicted molar refractivity (Wildman–Crippen MR) is 36.6 cm³/mol. The molecule has 0 fully saturated rings. The first kappa shape index (κ1) is 11.3. The molecule has 3 N–H and O–H groups in total. The molecule has 8 nitrogen and oxygen atoms in total. The van der Waals surface area contributed by atoms with Gasteiger partial charge in [-0.05, 0) is 0 Å². The molecule has 0 aliphatic heterocycles. The SMILES string of the molecule is O=C(O)C(O)C(C[N+](=O)[O-])C(=O)O. The molecule has 0 aromatic rings. The minimum Gasteiger partial charge on any atom is -0.481 e. The Bertz CT molecular complexity index is 237. The maximum Gasteiger partial charge on any atom is 0.333 e. The first-order valence-electron chi connectivity index (χ1n) is 3.11. The molecular formula is C5H7NO7. The summed E-state index contributed by atoms with van der Waals surface area (Å²) in [6, 6.07) is 0. The van der Waals surface area contributed by atoms with E-state index in [9.17, 15) is 19.7 Å². The number of nitrogens with zero attached hydrogens (tertiary/aromatic N) is 1. The molecule has 8 heteroatoms. The molecular weight excluding hydrogens is 186 g/mol. The van der Waals surface area contributed by atoms with Crippen molar-refractivity contribution in [2.45, 2.75) is 6.10 Å². The lowest BCUT2D eigenvalue weighted by Gasteiger charge is -2.10. The summed E-state index contributed by atoms with van der Waals surface area (Å²) in [4.78, 5) is 29.2. The van der Waals surface area contributed by atoms with Crippen LogP contribution in [0, 0.1) is 16.0 Å². The molecule has 2 unspecified atom stereocenters. The summed E-state index contributed by atoms with van der Waals surface area (Å²) in [6.45, 7) is -1.12. The van der Waals surface area contributed by atoms with Gasteiger partial charge in [0.2, 0.25) is 6.54 Å². The summed E-state index contributed by atoms with van der Waals surface area (Å²) in [6.07, 6.45) is -2.26. The summed E-state index contributed by atoms with van der Waals surface area (Å²) in [5, 5.41) is 35.1. The molecule has 0 radical (unpaired) electrons. The highest BCUT2D eigenvalue weighted by Gasteiger charge is 2.36. The lowest BCUT2D eigenvalue weighted by molar-refractivity contribution is -0.487. The Labute approximate surface area is 71.6 Å². The van der Waals surface area contributed by atoms with Gasteiger partial charge in [-0.3, -0.25) is 14.9 Å². The zero-order valence-electron chi connectivity index (χ0n) is 6.28. The van der Waals surface area contributed by atoms with Crippen LogP contribution in [0.4, 0.5) is 0 Å². The van der Waals surface area contributed by atoms with Gasteiger partial charge in [-0.2, -0.15) is 0 Å². The third-order valence-corrected chi connectivity index (χ3v) is 1.30. The van der Waals surface area contributed by atoms with E-state index in [1.807, 2.05) is 0 Å². The molecule has 0 amide bonds. The molecule has 0 aromatic carbocycles. The number of rotatable bonds is 5. The maximum absolute atomic E-state index is 10.3. The van der Waals surface area contributed by atoms with Gasteiger partial charge in [0.05, 0.1) is 0 Å². The number of aliphatic carboxylic acids is 2. The van der Waals surface area contributed by atoms with Crippen LogP contribution >= 0.6 is 0 Å². The second-order valence-electron chi connectivity index (χ2n) is 2.24. The minimum atomic E-state index is -2.26. The van der Waals surface area contributed by atoms with Crippen LogP contribution in [-0.4, -0.2) is 44.8 Å². The molecule has 0 aliphatic carbocycles. The van der Waals surface area contributed by atoms with E-state index in [2.05, 4.69) is 0 Å². The Morgan fingerprint density at radius 2 is 1.77 bits per heavy atom. The standard InChI is InChI=1S/C5H7NO7/c7-3(5(10)11)2(4(8)9)1-6(12)13/h2-3,7H,1H2,(H,8,9)(H,10,11). The highest BCUT2D eigenvalue weighted by atomic mass is 16.6. The molecule has 0 rings (SSSR count). The zero-order chi connectivity index (χ0) is 10.6. The predicted octanol–water partition coefficient (Wildman–Crippen LogP) is -1.59. The van der Waals surface area contributed by atoms with Crippen LogP contribution in [0.15, 0.2) is 0 Å². The normalized spacial score (nSPS) is 14.5. The third kappa shape index (κ3) is 3.47. The van der Waals surface area contributed by atoms with Gasteiger partial charge in [0.15, 0.2) is 12.0 Å². The van der Waals surface area contributed by atoms with E-state index in [1.54, 1.807) is 0 Å². The molecule has 74 valence electrons. The number of carboxylic acid groups (broad SMARTS) is 2. The number of nitro groups is 1. The van der Waals surface area contributed by atoms with Crippen molar-refractivity contribution in [1.82, 2.24) is 0 Å². The van der Waals surface area contributed by atoms with E-state index in [1.165, 1.54) is 0 Å². The molecule has 0 heterocycles. The highest BCUT2D eigenvalue weighted by Crippen LogP contribution is 2.05. The fourth-order valence-electron chi connectivity index (χ4n) is 0.646. The van der Waals surface area contributed by atoms with Crippen molar-refractivity contribution in [3.05, 3.63) is 10.1 Å². The summed E-state index contributed by atoms with van der Waals surface area (Å²) in [7, 11) is 0. The Hall–Kier alpha value is -1.70. The largest absolute Gasteiger partial charge is 0.481 e. The molecule has 2 atom stereocenters. The monoisotopic (exact) mass is 193 g/mol. The van der Waals surface area contributed by atoms with Crippen LogP contribution in [0.5, 0.6) is 0 Å². The lowest BCUT2D eigenvalue weighted by atomic mass is 10.0. The fraction of sp³-hybridized carbons (Fsp3) is 0.600. The van der Waals surface area contributed by atoms with Gasteiger partial charge >= 0.3 is 11.9 Å². The van der Waals surface area contributed by atoms with Crippen molar-refractivity contribution in [1.29, 1.82) is 0 Å². The molecule has 0 aromatic heterocycles. The highest BCUT2D eigenvalue weighted by molar-refractivity contribution is 5.81. The number of hydrogen-bond acceptors (Lipinski definition) is 5. The van der Waals surface area contributed by atoms with Crippen molar-refractivity contribution in [3.63, 3.8) is 0 Å². The number of carbonyl (C=O) groups is 2. The summed E-state index contributed by atoms with van der Waals surface area (Å²) in [5.74, 6) is -5.44. The van der Waals surface area contributed by atoms with Crippen molar-refractivity contribution >= 4 is 11.9 Å². The maximum atomic E-state index is 10.3. The zero-order valence-corrected chi connectivity index (χ0v) is 6.28. The Morgan fingerprint density at radius 3 is 2.00 bits per heavy atom. The van der Waals surface area contributed by atoms with Gasteiger partial charge in [0, 0.05) is 4.92 Å². The molecule has 0 aliphatic rings.